The summed E-state index contributed by atoms with van der Waals surface area (Å²) in [6, 6.07) is 12.4. The van der Waals surface area contributed by atoms with Crippen LogP contribution in [0.15, 0.2) is 42.5 Å². The second-order valence-electron chi connectivity index (χ2n) is 5.41. The number of rotatable bonds is 5. The quantitative estimate of drug-likeness (QED) is 0.904. The highest BCUT2D eigenvalue weighted by Crippen LogP contribution is 2.20. The van der Waals surface area contributed by atoms with E-state index in [9.17, 15) is 14.4 Å². The molecular weight excluding hydrogens is 328 g/mol. The molecule has 0 bridgehead atoms. The van der Waals surface area contributed by atoms with E-state index in [2.05, 4.69) is 5.32 Å². The van der Waals surface area contributed by atoms with Crippen LogP contribution < -0.4 is 5.32 Å². The number of thiophene rings is 1. The zero-order chi connectivity index (χ0) is 17.1. The Hall–Kier alpha value is -2.67. The van der Waals surface area contributed by atoms with Crippen LogP contribution in [0.1, 0.15) is 26.2 Å². The summed E-state index contributed by atoms with van der Waals surface area (Å²) in [6.45, 7) is 1.71. The maximum atomic E-state index is 12.5. The lowest BCUT2D eigenvalue weighted by molar-refractivity contribution is -0.126. The highest BCUT2D eigenvalue weighted by Gasteiger charge is 2.33. The fourth-order valence-corrected chi connectivity index (χ4v) is 3.22. The minimum absolute atomic E-state index is 0.0395. The Bertz CT molecular complexity index is 756. The molecule has 3 rings (SSSR count). The topological polar surface area (TPSA) is 75.7 Å². The second-order valence-corrected chi connectivity index (χ2v) is 6.69. The lowest BCUT2D eigenvalue weighted by Crippen LogP contribution is -2.40. The number of nitrogens with one attached hydrogen (secondary N) is 1. The smallest absolute Gasteiger partial charge is 0.417 e. The molecule has 1 saturated heterocycles. The van der Waals surface area contributed by atoms with Crippen LogP contribution in [-0.2, 0) is 9.53 Å². The Labute approximate surface area is 143 Å². The summed E-state index contributed by atoms with van der Waals surface area (Å²) in [5.74, 6) is -0.635. The normalized spacial score (nSPS) is 15.3. The molecule has 1 unspecified atom stereocenters. The van der Waals surface area contributed by atoms with Gasteiger partial charge in [-0.05, 0) is 24.6 Å². The van der Waals surface area contributed by atoms with Gasteiger partial charge in [-0.25, -0.2) is 9.69 Å². The van der Waals surface area contributed by atoms with E-state index in [1.54, 1.807) is 6.07 Å². The van der Waals surface area contributed by atoms with Gasteiger partial charge < -0.3 is 10.1 Å². The molecule has 3 amide bonds. The predicted molar refractivity (Wildman–Crippen MR) is 88.8 cm³/mol. The van der Waals surface area contributed by atoms with Crippen molar-refractivity contribution in [2.45, 2.75) is 13.0 Å². The fourth-order valence-electron chi connectivity index (χ4n) is 2.45. The van der Waals surface area contributed by atoms with Gasteiger partial charge in [0, 0.05) is 4.88 Å². The molecular formula is C17H16N2O4S. The molecule has 24 heavy (non-hydrogen) atoms. The van der Waals surface area contributed by atoms with E-state index in [-0.39, 0.29) is 19.1 Å². The summed E-state index contributed by atoms with van der Waals surface area (Å²) in [4.78, 5) is 38.6. The van der Waals surface area contributed by atoms with Crippen molar-refractivity contribution in [1.29, 1.82) is 0 Å². The number of amides is 3. The molecule has 1 aromatic carbocycles. The van der Waals surface area contributed by atoms with Crippen LogP contribution in [0.2, 0.25) is 0 Å². The van der Waals surface area contributed by atoms with Crippen LogP contribution in [0, 0.1) is 6.92 Å². The zero-order valence-electron chi connectivity index (χ0n) is 13.0. The third-order valence-corrected chi connectivity index (χ3v) is 4.68. The largest absolute Gasteiger partial charge is 0.439 e. The van der Waals surface area contributed by atoms with E-state index >= 15 is 0 Å². The first kappa shape index (κ1) is 16.2. The standard InChI is InChI=1S/C17H16N2O4S/c1-11-7-8-14(24-11)16(21)18-13(12-5-3-2-4-6-12)9-19-15(20)10-23-17(19)22/h2-8,13H,9-10H2,1H3,(H,18,21). The van der Waals surface area contributed by atoms with Crippen LogP contribution in [0.5, 0.6) is 0 Å². The molecule has 7 heteroatoms. The summed E-state index contributed by atoms with van der Waals surface area (Å²) >= 11 is 1.39. The molecule has 0 aliphatic carbocycles. The maximum absolute atomic E-state index is 12.5. The van der Waals surface area contributed by atoms with Crippen molar-refractivity contribution in [2.24, 2.45) is 0 Å². The Balaban J connectivity index is 1.81. The average molecular weight is 344 g/mol. The highest BCUT2D eigenvalue weighted by atomic mass is 32.1. The van der Waals surface area contributed by atoms with E-state index < -0.39 is 18.0 Å². The maximum Gasteiger partial charge on any atom is 0.417 e. The van der Waals surface area contributed by atoms with Crippen molar-refractivity contribution < 1.29 is 19.1 Å². The number of imide groups is 1. The number of cyclic esters (lactones) is 1. The monoisotopic (exact) mass is 344 g/mol. The molecule has 2 heterocycles. The Morgan fingerprint density at radius 1 is 1.25 bits per heavy atom. The van der Waals surface area contributed by atoms with Gasteiger partial charge in [0.15, 0.2) is 6.61 Å². The van der Waals surface area contributed by atoms with Crippen molar-refractivity contribution in [3.63, 3.8) is 0 Å². The van der Waals surface area contributed by atoms with Gasteiger partial charge in [0.25, 0.3) is 11.8 Å². The summed E-state index contributed by atoms with van der Waals surface area (Å²) < 4.78 is 4.73. The molecule has 1 aliphatic rings. The minimum Gasteiger partial charge on any atom is -0.439 e. The number of hydrogen-bond donors (Lipinski definition) is 1. The lowest BCUT2D eigenvalue weighted by atomic mass is 10.1. The molecule has 2 aromatic rings. The lowest BCUT2D eigenvalue weighted by Gasteiger charge is -2.22. The summed E-state index contributed by atoms with van der Waals surface area (Å²) in [5, 5.41) is 2.90. The van der Waals surface area contributed by atoms with Crippen molar-refractivity contribution in [1.82, 2.24) is 10.2 Å². The average Bonchev–Trinajstić information content (AvgIpc) is 3.15. The van der Waals surface area contributed by atoms with Gasteiger partial charge in [0.2, 0.25) is 0 Å². The highest BCUT2D eigenvalue weighted by molar-refractivity contribution is 7.13. The number of benzene rings is 1. The van der Waals surface area contributed by atoms with Crippen molar-refractivity contribution in [3.8, 4) is 0 Å². The van der Waals surface area contributed by atoms with Crippen LogP contribution >= 0.6 is 11.3 Å². The molecule has 6 nitrogen and oxygen atoms in total. The first-order chi connectivity index (χ1) is 11.5. The van der Waals surface area contributed by atoms with Gasteiger partial charge in [-0.15, -0.1) is 11.3 Å². The van der Waals surface area contributed by atoms with E-state index in [0.717, 1.165) is 15.3 Å². The Morgan fingerprint density at radius 2 is 2.00 bits per heavy atom. The van der Waals surface area contributed by atoms with Gasteiger partial charge in [0.1, 0.15) is 0 Å². The Kier molecular flexibility index (Phi) is 4.61. The Morgan fingerprint density at radius 3 is 2.58 bits per heavy atom. The zero-order valence-corrected chi connectivity index (χ0v) is 13.8. The van der Waals surface area contributed by atoms with Crippen molar-refractivity contribution in [2.75, 3.05) is 13.2 Å². The number of carbonyl (C=O) groups excluding carboxylic acids is 3. The minimum atomic E-state index is -0.679. The molecule has 124 valence electrons. The van der Waals surface area contributed by atoms with E-state index in [1.165, 1.54) is 11.3 Å². The number of hydrogen-bond acceptors (Lipinski definition) is 5. The SMILES string of the molecule is Cc1ccc(C(=O)NC(CN2C(=O)COC2=O)c2ccccc2)s1. The number of aryl methyl sites for hydroxylation is 1. The first-order valence-corrected chi connectivity index (χ1v) is 8.25. The molecule has 0 radical (unpaired) electrons. The van der Waals surface area contributed by atoms with Crippen LogP contribution in [0.3, 0.4) is 0 Å². The number of nitrogens with zero attached hydrogens (tertiary/aromatic N) is 1. The summed E-state index contributed by atoms with van der Waals surface area (Å²) in [5.41, 5.74) is 0.812. The molecule has 0 saturated carbocycles. The third kappa shape index (κ3) is 3.46. The van der Waals surface area contributed by atoms with Gasteiger partial charge in [-0.1, -0.05) is 30.3 Å². The summed E-state index contributed by atoms with van der Waals surface area (Å²) in [7, 11) is 0. The van der Waals surface area contributed by atoms with Gasteiger partial charge in [-0.2, -0.15) is 0 Å². The molecule has 1 aromatic heterocycles. The molecule has 1 fully saturated rings. The molecule has 0 spiro atoms. The van der Waals surface area contributed by atoms with Crippen LogP contribution in [-0.4, -0.2) is 36.0 Å². The predicted octanol–water partition coefficient (Wildman–Crippen LogP) is 2.51. The molecule has 1 atom stereocenters. The number of ether oxygens (including phenoxy) is 1. The van der Waals surface area contributed by atoms with E-state index in [4.69, 9.17) is 4.74 Å². The molecule has 1 aliphatic heterocycles. The van der Waals surface area contributed by atoms with Gasteiger partial charge in [-0.3, -0.25) is 9.59 Å². The van der Waals surface area contributed by atoms with Crippen molar-refractivity contribution in [3.05, 3.63) is 57.8 Å². The van der Waals surface area contributed by atoms with Crippen molar-refractivity contribution >= 4 is 29.2 Å². The first-order valence-electron chi connectivity index (χ1n) is 7.44. The van der Waals surface area contributed by atoms with E-state index in [0.29, 0.717) is 4.88 Å². The fraction of sp³-hybridized carbons (Fsp3) is 0.235. The van der Waals surface area contributed by atoms with E-state index in [1.807, 2.05) is 43.3 Å². The molecule has 1 N–H and O–H groups in total. The van der Waals surface area contributed by atoms with Gasteiger partial charge >= 0.3 is 6.09 Å². The summed E-state index contributed by atoms with van der Waals surface area (Å²) in [6.07, 6.45) is -0.679. The number of carbonyl (C=O) groups is 3. The van der Waals surface area contributed by atoms with Crippen LogP contribution in [0.4, 0.5) is 4.79 Å². The van der Waals surface area contributed by atoms with Gasteiger partial charge in [0.05, 0.1) is 17.5 Å². The second kappa shape index (κ2) is 6.84. The third-order valence-electron chi connectivity index (χ3n) is 3.68. The van der Waals surface area contributed by atoms with Crippen LogP contribution in [0.25, 0.3) is 0 Å².